The van der Waals surface area contributed by atoms with Crippen molar-refractivity contribution in [3.63, 3.8) is 0 Å². The zero-order valence-corrected chi connectivity index (χ0v) is 21.2. The van der Waals surface area contributed by atoms with Crippen molar-refractivity contribution in [3.05, 3.63) is 118 Å². The number of dihydropyridines is 1. The maximum absolute atomic E-state index is 13.8. The summed E-state index contributed by atoms with van der Waals surface area (Å²) in [5.41, 5.74) is 6.75. The molecule has 2 aliphatic rings. The van der Waals surface area contributed by atoms with Crippen molar-refractivity contribution in [2.24, 2.45) is 0 Å². The maximum Gasteiger partial charge on any atom is 0.255 e. The van der Waals surface area contributed by atoms with Gasteiger partial charge in [-0.05, 0) is 55.5 Å². The van der Waals surface area contributed by atoms with Gasteiger partial charge in [-0.3, -0.25) is 14.6 Å². The van der Waals surface area contributed by atoms with Crippen LogP contribution < -0.4 is 10.6 Å². The van der Waals surface area contributed by atoms with Gasteiger partial charge in [-0.2, -0.15) is 0 Å². The van der Waals surface area contributed by atoms with Crippen LogP contribution in [0, 0.1) is 6.92 Å². The highest BCUT2D eigenvalue weighted by Gasteiger charge is 2.41. The Morgan fingerprint density at radius 1 is 0.895 bits per heavy atom. The van der Waals surface area contributed by atoms with E-state index in [2.05, 4.69) is 32.7 Å². The summed E-state index contributed by atoms with van der Waals surface area (Å²) in [6.45, 7) is 3.81. The van der Waals surface area contributed by atoms with Crippen molar-refractivity contribution in [1.29, 1.82) is 0 Å². The number of anilines is 1. The van der Waals surface area contributed by atoms with E-state index in [1.165, 1.54) is 0 Å². The molecule has 0 saturated carbocycles. The monoisotopic (exact) mass is 501 g/mol. The van der Waals surface area contributed by atoms with Crippen LogP contribution in [0.15, 0.2) is 102 Å². The SMILES string of the molecule is CC1=C(C(=O)Nc2ccc(C)cn2)[C@H](c2cnc3ccccc3n2)C2=C(C[C@@H](c3ccccc3)CC2=O)N1. The predicted octanol–water partition coefficient (Wildman–Crippen LogP) is 5.33. The number of carbonyl (C=O) groups is 2. The number of ketones is 1. The Morgan fingerprint density at radius 2 is 1.66 bits per heavy atom. The van der Waals surface area contributed by atoms with Crippen LogP contribution >= 0.6 is 0 Å². The summed E-state index contributed by atoms with van der Waals surface area (Å²) in [5, 5.41) is 6.34. The van der Waals surface area contributed by atoms with E-state index in [9.17, 15) is 9.59 Å². The van der Waals surface area contributed by atoms with Crippen molar-refractivity contribution in [2.75, 3.05) is 5.32 Å². The number of rotatable bonds is 4. The number of nitrogens with one attached hydrogen (secondary N) is 2. The molecule has 2 aromatic carbocycles. The van der Waals surface area contributed by atoms with Crippen LogP contribution in [0.3, 0.4) is 0 Å². The number of allylic oxidation sites excluding steroid dienone is 3. The second-order valence-corrected chi connectivity index (χ2v) is 9.89. The third-order valence-electron chi connectivity index (χ3n) is 7.26. The van der Waals surface area contributed by atoms with Crippen LogP contribution in [-0.4, -0.2) is 26.6 Å². The first kappa shape index (κ1) is 23.7. The molecule has 1 amide bonds. The molecule has 0 saturated heterocycles. The van der Waals surface area contributed by atoms with Gasteiger partial charge in [-0.1, -0.05) is 48.5 Å². The molecule has 3 heterocycles. The van der Waals surface area contributed by atoms with Crippen LogP contribution in [0.4, 0.5) is 5.82 Å². The van der Waals surface area contributed by atoms with Crippen molar-refractivity contribution < 1.29 is 9.59 Å². The van der Waals surface area contributed by atoms with Crippen molar-refractivity contribution in [1.82, 2.24) is 20.3 Å². The van der Waals surface area contributed by atoms with Crippen LogP contribution in [0.2, 0.25) is 0 Å². The number of nitrogens with zero attached hydrogens (tertiary/aromatic N) is 3. The first-order chi connectivity index (χ1) is 18.5. The van der Waals surface area contributed by atoms with E-state index < -0.39 is 5.92 Å². The van der Waals surface area contributed by atoms with E-state index in [0.717, 1.165) is 22.3 Å². The molecule has 6 rings (SSSR count). The van der Waals surface area contributed by atoms with Gasteiger partial charge in [0.2, 0.25) is 0 Å². The van der Waals surface area contributed by atoms with E-state index in [4.69, 9.17) is 4.98 Å². The maximum atomic E-state index is 13.8. The second kappa shape index (κ2) is 9.67. The molecule has 4 aromatic rings. The molecule has 0 unspecified atom stereocenters. The lowest BCUT2D eigenvalue weighted by molar-refractivity contribution is -0.116. The first-order valence-electron chi connectivity index (χ1n) is 12.7. The number of carbonyl (C=O) groups excluding carboxylic acids is 2. The normalized spacial score (nSPS) is 19.3. The summed E-state index contributed by atoms with van der Waals surface area (Å²) in [5.74, 6) is -0.436. The number of hydrogen-bond donors (Lipinski definition) is 2. The Balaban J connectivity index is 1.45. The zero-order valence-electron chi connectivity index (χ0n) is 21.2. The molecule has 2 N–H and O–H groups in total. The summed E-state index contributed by atoms with van der Waals surface area (Å²) in [7, 11) is 0. The molecule has 2 aromatic heterocycles. The van der Waals surface area contributed by atoms with E-state index in [0.29, 0.717) is 46.7 Å². The average molecular weight is 502 g/mol. The molecule has 0 spiro atoms. The van der Waals surface area contributed by atoms with Crippen molar-refractivity contribution in [3.8, 4) is 0 Å². The van der Waals surface area contributed by atoms with Crippen LogP contribution in [0.1, 0.15) is 48.4 Å². The highest BCUT2D eigenvalue weighted by Crippen LogP contribution is 2.45. The number of hydrogen-bond acceptors (Lipinski definition) is 6. The molecular weight excluding hydrogens is 474 g/mol. The highest BCUT2D eigenvalue weighted by atomic mass is 16.2. The predicted molar refractivity (Wildman–Crippen MR) is 146 cm³/mol. The Kier molecular flexibility index (Phi) is 6.04. The number of Topliss-reactive ketones (excluding diaryl/α,β-unsaturated/α-hetero) is 1. The van der Waals surface area contributed by atoms with Gasteiger partial charge in [-0.25, -0.2) is 9.97 Å². The van der Waals surface area contributed by atoms with Crippen LogP contribution in [-0.2, 0) is 9.59 Å². The Labute approximate surface area is 220 Å². The number of fused-ring (bicyclic) bond motifs is 1. The standard InChI is InChI=1S/C31H27N5O2/c1-18-12-13-27(33-16-18)36-31(38)28-19(2)34-24-14-21(20-8-4-3-5-9-20)15-26(37)29(24)30(28)25-17-32-22-10-6-7-11-23(22)35-25/h3-13,16-17,21,30,34H,14-15H2,1-2H3,(H,33,36,38)/t21-,30+/m1/s1. The highest BCUT2D eigenvalue weighted by molar-refractivity contribution is 6.09. The Bertz CT molecular complexity index is 1620. The molecule has 7 heteroatoms. The molecule has 38 heavy (non-hydrogen) atoms. The third-order valence-corrected chi connectivity index (χ3v) is 7.26. The number of aryl methyl sites for hydroxylation is 1. The number of amides is 1. The number of pyridine rings is 1. The number of benzene rings is 2. The summed E-state index contributed by atoms with van der Waals surface area (Å²) in [6.07, 6.45) is 4.44. The van der Waals surface area contributed by atoms with E-state index in [-0.39, 0.29) is 17.6 Å². The van der Waals surface area contributed by atoms with Crippen LogP contribution in [0.5, 0.6) is 0 Å². The fourth-order valence-corrected chi connectivity index (χ4v) is 5.43. The number of para-hydroxylation sites is 2. The van der Waals surface area contributed by atoms with E-state index >= 15 is 0 Å². The molecule has 0 radical (unpaired) electrons. The van der Waals surface area contributed by atoms with Gasteiger partial charge in [0.25, 0.3) is 5.91 Å². The average Bonchev–Trinajstić information content (AvgIpc) is 2.93. The number of aromatic nitrogens is 3. The third kappa shape index (κ3) is 4.36. The van der Waals surface area contributed by atoms with Gasteiger partial charge in [-0.15, -0.1) is 0 Å². The van der Waals surface area contributed by atoms with E-state index in [1.807, 2.05) is 62.4 Å². The lowest BCUT2D eigenvalue weighted by Gasteiger charge is -2.36. The molecule has 188 valence electrons. The lowest BCUT2D eigenvalue weighted by atomic mass is 9.72. The second-order valence-electron chi connectivity index (χ2n) is 9.89. The van der Waals surface area contributed by atoms with E-state index in [1.54, 1.807) is 18.5 Å². The largest absolute Gasteiger partial charge is 0.362 e. The lowest BCUT2D eigenvalue weighted by Crippen LogP contribution is -2.37. The molecule has 7 nitrogen and oxygen atoms in total. The van der Waals surface area contributed by atoms with Gasteiger partial charge in [0, 0.05) is 35.2 Å². The minimum Gasteiger partial charge on any atom is -0.362 e. The molecule has 0 bridgehead atoms. The summed E-state index contributed by atoms with van der Waals surface area (Å²) >= 11 is 0. The molecule has 1 aliphatic heterocycles. The van der Waals surface area contributed by atoms with Crippen LogP contribution in [0.25, 0.3) is 11.0 Å². The fourth-order valence-electron chi connectivity index (χ4n) is 5.43. The van der Waals surface area contributed by atoms with Gasteiger partial charge in [0.05, 0.1) is 28.8 Å². The minimum absolute atomic E-state index is 0.0128. The topological polar surface area (TPSA) is 96.9 Å². The van der Waals surface area contributed by atoms with Gasteiger partial charge < -0.3 is 10.6 Å². The summed E-state index contributed by atoms with van der Waals surface area (Å²) in [6, 6.07) is 21.4. The van der Waals surface area contributed by atoms with Crippen molar-refractivity contribution in [2.45, 2.75) is 38.5 Å². The smallest absolute Gasteiger partial charge is 0.255 e. The molecule has 1 aliphatic carbocycles. The van der Waals surface area contributed by atoms with Gasteiger partial charge >= 0.3 is 0 Å². The zero-order chi connectivity index (χ0) is 26.2. The minimum atomic E-state index is -0.641. The summed E-state index contributed by atoms with van der Waals surface area (Å²) in [4.78, 5) is 41.4. The molecular formula is C31H27N5O2. The molecule has 2 atom stereocenters. The first-order valence-corrected chi connectivity index (χ1v) is 12.7. The van der Waals surface area contributed by atoms with Gasteiger partial charge in [0.1, 0.15) is 5.82 Å². The summed E-state index contributed by atoms with van der Waals surface area (Å²) < 4.78 is 0. The Morgan fingerprint density at radius 3 is 2.42 bits per heavy atom. The van der Waals surface area contributed by atoms with Gasteiger partial charge in [0.15, 0.2) is 5.78 Å². The quantitative estimate of drug-likeness (QED) is 0.392. The van der Waals surface area contributed by atoms with Crippen molar-refractivity contribution >= 4 is 28.5 Å². The fraction of sp³-hybridized carbons (Fsp3) is 0.194. The molecule has 0 fully saturated rings. The Hall–Kier alpha value is -4.65.